The number of imide groups is 2. The monoisotopic (exact) mass is 718 g/mol. The highest BCUT2D eigenvalue weighted by atomic mass is 79.9. The summed E-state index contributed by atoms with van der Waals surface area (Å²) in [6, 6.07) is 23.4. The van der Waals surface area contributed by atoms with Crippen molar-refractivity contribution in [3.05, 3.63) is 121 Å². The van der Waals surface area contributed by atoms with E-state index in [9.17, 15) is 14.4 Å². The zero-order valence-corrected chi connectivity index (χ0v) is 27.3. The third-order valence-electron chi connectivity index (χ3n) is 7.03. The van der Waals surface area contributed by atoms with Gasteiger partial charge in [0, 0.05) is 0 Å². The highest BCUT2D eigenvalue weighted by Crippen LogP contribution is 2.37. The lowest BCUT2D eigenvalue weighted by Crippen LogP contribution is -2.54. The van der Waals surface area contributed by atoms with Crippen LogP contribution in [0.2, 0.25) is 0 Å². The minimum atomic E-state index is -0.793. The summed E-state index contributed by atoms with van der Waals surface area (Å²) < 4.78 is 18.8. The van der Waals surface area contributed by atoms with Gasteiger partial charge in [-0.05, 0) is 116 Å². The normalized spacial score (nSPS) is 14.1. The molecule has 44 heavy (non-hydrogen) atoms. The zero-order chi connectivity index (χ0) is 31.4. The summed E-state index contributed by atoms with van der Waals surface area (Å²) in [7, 11) is 1.59. The Kier molecular flexibility index (Phi) is 9.51. The number of nitrogens with zero attached hydrogens (tertiary/aromatic N) is 1. The second-order valence-corrected chi connectivity index (χ2v) is 11.8. The SMILES string of the molecule is COc1cc(COc2c(Br)cc(/C=C3/C(=O)NC(=O)N(c4ccc(C)c(C)c4)C3=O)cc2Br)ccc1OCc1ccccc1. The van der Waals surface area contributed by atoms with Gasteiger partial charge < -0.3 is 14.2 Å². The molecular formula is C34H28Br2N2O6. The fourth-order valence-corrected chi connectivity index (χ4v) is 5.99. The van der Waals surface area contributed by atoms with E-state index in [1.807, 2.05) is 68.4 Å². The molecule has 0 unspecified atom stereocenters. The Morgan fingerprint density at radius 3 is 2.16 bits per heavy atom. The maximum absolute atomic E-state index is 13.3. The molecule has 0 radical (unpaired) electrons. The van der Waals surface area contributed by atoms with E-state index in [2.05, 4.69) is 37.2 Å². The summed E-state index contributed by atoms with van der Waals surface area (Å²) in [6.45, 7) is 4.48. The number of carbonyl (C=O) groups is 3. The van der Waals surface area contributed by atoms with E-state index >= 15 is 0 Å². The van der Waals surface area contributed by atoms with Crippen molar-refractivity contribution in [1.29, 1.82) is 0 Å². The lowest BCUT2D eigenvalue weighted by atomic mass is 10.0. The van der Waals surface area contributed by atoms with Crippen LogP contribution >= 0.6 is 31.9 Å². The number of carbonyl (C=O) groups excluding carboxylic acids is 3. The van der Waals surface area contributed by atoms with E-state index in [4.69, 9.17) is 14.2 Å². The number of halogens is 2. The topological polar surface area (TPSA) is 94.2 Å². The van der Waals surface area contributed by atoms with Crippen molar-refractivity contribution in [3.8, 4) is 17.2 Å². The van der Waals surface area contributed by atoms with Crippen LogP contribution < -0.4 is 24.4 Å². The fourth-order valence-electron chi connectivity index (χ4n) is 4.54. The number of methoxy groups -OCH3 is 1. The first-order valence-electron chi connectivity index (χ1n) is 13.6. The van der Waals surface area contributed by atoms with Crippen LogP contribution in [-0.2, 0) is 22.8 Å². The molecule has 1 aliphatic heterocycles. The number of rotatable bonds is 9. The Bertz CT molecular complexity index is 1770. The van der Waals surface area contributed by atoms with Crippen molar-refractivity contribution >= 4 is 61.5 Å². The minimum Gasteiger partial charge on any atom is -0.493 e. The van der Waals surface area contributed by atoms with Gasteiger partial charge in [0.15, 0.2) is 11.5 Å². The molecule has 10 heteroatoms. The van der Waals surface area contributed by atoms with Gasteiger partial charge in [0.2, 0.25) is 0 Å². The van der Waals surface area contributed by atoms with Crippen LogP contribution in [-0.4, -0.2) is 25.0 Å². The zero-order valence-electron chi connectivity index (χ0n) is 24.1. The molecule has 1 aliphatic rings. The molecule has 0 bridgehead atoms. The van der Waals surface area contributed by atoms with E-state index in [1.165, 1.54) is 6.08 Å². The van der Waals surface area contributed by atoms with Gasteiger partial charge in [-0.15, -0.1) is 0 Å². The van der Waals surface area contributed by atoms with E-state index < -0.39 is 17.8 Å². The molecule has 8 nitrogen and oxygen atoms in total. The Hall–Kier alpha value is -4.41. The van der Waals surface area contributed by atoms with Gasteiger partial charge >= 0.3 is 6.03 Å². The van der Waals surface area contributed by atoms with Crippen LogP contribution in [0.1, 0.15) is 27.8 Å². The number of hydrogen-bond donors (Lipinski definition) is 1. The van der Waals surface area contributed by atoms with E-state index in [0.29, 0.717) is 44.1 Å². The maximum Gasteiger partial charge on any atom is 0.335 e. The highest BCUT2D eigenvalue weighted by molar-refractivity contribution is 9.11. The predicted molar refractivity (Wildman–Crippen MR) is 175 cm³/mol. The van der Waals surface area contributed by atoms with Gasteiger partial charge in [-0.2, -0.15) is 0 Å². The maximum atomic E-state index is 13.3. The largest absolute Gasteiger partial charge is 0.493 e. The highest BCUT2D eigenvalue weighted by Gasteiger charge is 2.37. The quantitative estimate of drug-likeness (QED) is 0.141. The van der Waals surface area contributed by atoms with Crippen LogP contribution in [0.5, 0.6) is 17.2 Å². The summed E-state index contributed by atoms with van der Waals surface area (Å²) in [6.07, 6.45) is 1.44. The van der Waals surface area contributed by atoms with E-state index in [0.717, 1.165) is 27.2 Å². The number of anilines is 1. The van der Waals surface area contributed by atoms with Gasteiger partial charge in [-0.1, -0.05) is 42.5 Å². The lowest BCUT2D eigenvalue weighted by molar-refractivity contribution is -0.122. The number of barbiturate groups is 1. The molecule has 4 amide bonds. The van der Waals surface area contributed by atoms with Crippen molar-refractivity contribution in [3.63, 3.8) is 0 Å². The summed E-state index contributed by atoms with van der Waals surface area (Å²) in [4.78, 5) is 39.6. The van der Waals surface area contributed by atoms with Crippen LogP contribution in [0.25, 0.3) is 6.08 Å². The Labute approximate surface area is 271 Å². The van der Waals surface area contributed by atoms with Gasteiger partial charge in [0.25, 0.3) is 11.8 Å². The van der Waals surface area contributed by atoms with Crippen LogP contribution in [0, 0.1) is 13.8 Å². The smallest absolute Gasteiger partial charge is 0.335 e. The average Bonchev–Trinajstić information content (AvgIpc) is 3.00. The van der Waals surface area contributed by atoms with E-state index in [1.54, 1.807) is 31.4 Å². The molecule has 4 aromatic rings. The molecule has 4 aromatic carbocycles. The second-order valence-electron chi connectivity index (χ2n) is 10.1. The molecule has 1 saturated heterocycles. The number of amides is 4. The average molecular weight is 720 g/mol. The third kappa shape index (κ3) is 6.87. The van der Waals surface area contributed by atoms with Crippen molar-refractivity contribution in [1.82, 2.24) is 5.32 Å². The van der Waals surface area contributed by atoms with Crippen molar-refractivity contribution in [2.24, 2.45) is 0 Å². The number of aryl methyl sites for hydroxylation is 2. The predicted octanol–water partition coefficient (Wildman–Crippen LogP) is 7.66. The molecule has 0 aliphatic carbocycles. The Morgan fingerprint density at radius 1 is 0.773 bits per heavy atom. The fraction of sp³-hybridized carbons (Fsp3) is 0.147. The first kappa shape index (κ1) is 31.0. The number of nitrogens with one attached hydrogen (secondary N) is 1. The summed E-state index contributed by atoms with van der Waals surface area (Å²) in [5, 5.41) is 2.26. The molecule has 0 spiro atoms. The Morgan fingerprint density at radius 2 is 1.48 bits per heavy atom. The minimum absolute atomic E-state index is 0.169. The van der Waals surface area contributed by atoms with Gasteiger partial charge in [-0.3, -0.25) is 14.9 Å². The van der Waals surface area contributed by atoms with Crippen LogP contribution in [0.4, 0.5) is 10.5 Å². The van der Waals surface area contributed by atoms with Crippen LogP contribution in [0.3, 0.4) is 0 Å². The lowest BCUT2D eigenvalue weighted by Gasteiger charge is -2.27. The molecule has 1 heterocycles. The molecule has 5 rings (SSSR count). The third-order valence-corrected chi connectivity index (χ3v) is 8.21. The second kappa shape index (κ2) is 13.5. The van der Waals surface area contributed by atoms with Crippen molar-refractivity contribution < 1.29 is 28.6 Å². The standard InChI is InChI=1S/C34H28Br2N2O6/c1-20-9-11-25(13-21(20)2)38-33(40)26(32(39)37-34(38)41)14-24-15-27(35)31(28(36)16-24)44-19-23-10-12-29(30(17-23)42-3)43-18-22-7-5-4-6-8-22/h4-17H,18-19H2,1-3H3,(H,37,39,41)/b26-14-. The molecule has 224 valence electrons. The number of benzene rings is 4. The van der Waals surface area contributed by atoms with Crippen LogP contribution in [0.15, 0.2) is 93.4 Å². The summed E-state index contributed by atoms with van der Waals surface area (Å²) in [5.74, 6) is 0.268. The number of urea groups is 1. The first-order valence-corrected chi connectivity index (χ1v) is 15.2. The van der Waals surface area contributed by atoms with Crippen molar-refractivity contribution in [2.75, 3.05) is 12.0 Å². The van der Waals surface area contributed by atoms with Gasteiger partial charge in [-0.25, -0.2) is 9.69 Å². The molecule has 0 atom stereocenters. The molecular weight excluding hydrogens is 692 g/mol. The van der Waals surface area contributed by atoms with Gasteiger partial charge in [0.05, 0.1) is 21.7 Å². The molecule has 1 fully saturated rings. The Balaban J connectivity index is 1.31. The van der Waals surface area contributed by atoms with E-state index in [-0.39, 0.29) is 12.2 Å². The van der Waals surface area contributed by atoms with Crippen molar-refractivity contribution in [2.45, 2.75) is 27.1 Å². The summed E-state index contributed by atoms with van der Waals surface area (Å²) >= 11 is 7.09. The molecule has 1 N–H and O–H groups in total. The first-order chi connectivity index (χ1) is 21.1. The molecule has 0 saturated carbocycles. The van der Waals surface area contributed by atoms with Gasteiger partial charge in [0.1, 0.15) is 24.5 Å². The molecule has 0 aromatic heterocycles. The number of ether oxygens (including phenoxy) is 3. The summed E-state index contributed by atoms with van der Waals surface area (Å²) in [5.41, 5.74) is 4.61. The number of hydrogen-bond acceptors (Lipinski definition) is 6.